The van der Waals surface area contributed by atoms with E-state index in [2.05, 4.69) is 34.0 Å². The smallest absolute Gasteiger partial charge is 0.236 e. The normalized spacial score (nSPS) is 25.0. The number of amides is 1. The summed E-state index contributed by atoms with van der Waals surface area (Å²) in [4.78, 5) is 23.2. The van der Waals surface area contributed by atoms with Crippen LogP contribution in [0.25, 0.3) is 0 Å². The number of nitrogens with zero attached hydrogens (tertiary/aromatic N) is 4. The number of rotatable bonds is 0. The fraction of sp³-hybridized carbons (Fsp3) is 0.571. The van der Waals surface area contributed by atoms with Crippen molar-refractivity contribution >= 4 is 5.91 Å². The van der Waals surface area contributed by atoms with Gasteiger partial charge in [0.05, 0.1) is 17.9 Å². The number of fused-ring (bicyclic) bond motifs is 5. The van der Waals surface area contributed by atoms with E-state index in [0.29, 0.717) is 6.54 Å². The van der Waals surface area contributed by atoms with Crippen LogP contribution >= 0.6 is 0 Å². The van der Waals surface area contributed by atoms with Crippen LogP contribution in [0.4, 0.5) is 0 Å². The van der Waals surface area contributed by atoms with E-state index in [1.54, 1.807) is 0 Å². The van der Waals surface area contributed by atoms with Crippen molar-refractivity contribution in [3.8, 4) is 0 Å². The van der Waals surface area contributed by atoms with Gasteiger partial charge in [0.1, 0.15) is 0 Å². The number of hydrogen-bond donors (Lipinski definition) is 0. The maximum atomic E-state index is 12.1. The van der Waals surface area contributed by atoms with Crippen LogP contribution < -0.4 is 0 Å². The van der Waals surface area contributed by atoms with Gasteiger partial charge in [-0.05, 0) is 19.2 Å². The molecule has 19 heavy (non-hydrogen) atoms. The lowest BCUT2D eigenvalue weighted by atomic mass is 10.2. The van der Waals surface area contributed by atoms with Crippen LogP contribution in [0, 0.1) is 0 Å². The second-order valence-corrected chi connectivity index (χ2v) is 5.45. The largest absolute Gasteiger partial charge is 0.339 e. The van der Waals surface area contributed by atoms with Crippen LogP contribution in [0.5, 0.6) is 0 Å². The summed E-state index contributed by atoms with van der Waals surface area (Å²) in [6.45, 7) is 5.65. The summed E-state index contributed by atoms with van der Waals surface area (Å²) in [6, 6.07) is 6.19. The molecule has 1 aromatic rings. The van der Waals surface area contributed by atoms with Gasteiger partial charge in [-0.2, -0.15) is 0 Å². The number of likely N-dealkylation sites (N-methyl/N-ethyl adjacent to an activating group) is 1. The van der Waals surface area contributed by atoms with Crippen molar-refractivity contribution in [1.82, 2.24) is 19.7 Å². The zero-order chi connectivity index (χ0) is 13.2. The molecule has 1 aromatic heterocycles. The lowest BCUT2D eigenvalue weighted by molar-refractivity contribution is -0.136. The molecular weight excluding hydrogens is 240 g/mol. The first-order chi connectivity index (χ1) is 9.20. The molecular formula is C14H20N4O. The van der Waals surface area contributed by atoms with Crippen LogP contribution in [-0.4, -0.2) is 65.4 Å². The van der Waals surface area contributed by atoms with Gasteiger partial charge in [0.25, 0.3) is 0 Å². The molecule has 0 N–H and O–H groups in total. The number of carbonyl (C=O) groups is 1. The standard InChI is InChI=1S/C14H20N4O/c1-16-5-7-18-8-6-17(11-14(18)19)10-13-4-2-3-12(9-16)15-13/h2-4H,5-11H2,1H3. The fourth-order valence-electron chi connectivity index (χ4n) is 2.71. The first kappa shape index (κ1) is 12.6. The van der Waals surface area contributed by atoms with Gasteiger partial charge in [-0.3, -0.25) is 19.6 Å². The SMILES string of the molecule is CN1CCN2CCN(CC2=O)Cc2cccc(n2)C1. The maximum Gasteiger partial charge on any atom is 0.236 e. The molecule has 1 saturated heterocycles. The van der Waals surface area contributed by atoms with Crippen molar-refractivity contribution in [1.29, 1.82) is 0 Å². The monoisotopic (exact) mass is 260 g/mol. The first-order valence-corrected chi connectivity index (χ1v) is 6.84. The van der Waals surface area contributed by atoms with Crippen LogP contribution in [0.2, 0.25) is 0 Å². The van der Waals surface area contributed by atoms with E-state index in [4.69, 9.17) is 0 Å². The van der Waals surface area contributed by atoms with E-state index in [1.165, 1.54) is 0 Å². The number of carbonyl (C=O) groups excluding carboxylic acids is 1. The molecule has 4 heterocycles. The van der Waals surface area contributed by atoms with Crippen molar-refractivity contribution < 1.29 is 4.79 Å². The molecule has 4 bridgehead atoms. The van der Waals surface area contributed by atoms with E-state index in [1.807, 2.05) is 11.0 Å². The molecule has 0 aliphatic carbocycles. The van der Waals surface area contributed by atoms with Crippen molar-refractivity contribution in [2.45, 2.75) is 13.1 Å². The molecule has 3 aliphatic rings. The van der Waals surface area contributed by atoms with Gasteiger partial charge in [-0.15, -0.1) is 0 Å². The Labute approximate surface area is 113 Å². The van der Waals surface area contributed by atoms with Crippen LogP contribution in [-0.2, 0) is 17.9 Å². The van der Waals surface area contributed by atoms with Crippen molar-refractivity contribution in [2.24, 2.45) is 0 Å². The molecule has 5 heteroatoms. The molecule has 0 radical (unpaired) electrons. The van der Waals surface area contributed by atoms with Crippen molar-refractivity contribution in [2.75, 3.05) is 39.8 Å². The van der Waals surface area contributed by atoms with Gasteiger partial charge in [0, 0.05) is 39.3 Å². The van der Waals surface area contributed by atoms with Gasteiger partial charge < -0.3 is 4.90 Å². The molecule has 0 aromatic carbocycles. The Morgan fingerprint density at radius 3 is 2.53 bits per heavy atom. The zero-order valence-electron chi connectivity index (χ0n) is 11.4. The van der Waals surface area contributed by atoms with E-state index in [-0.39, 0.29) is 5.91 Å². The lowest BCUT2D eigenvalue weighted by Crippen LogP contribution is -2.51. The molecule has 1 unspecified atom stereocenters. The topological polar surface area (TPSA) is 39.7 Å². The Morgan fingerprint density at radius 2 is 1.74 bits per heavy atom. The molecule has 0 spiro atoms. The Bertz CT molecular complexity index is 476. The molecule has 1 fully saturated rings. The van der Waals surface area contributed by atoms with Gasteiger partial charge >= 0.3 is 0 Å². The number of hydrogen-bond acceptors (Lipinski definition) is 4. The predicted octanol–water partition coefficient (Wildman–Crippen LogP) is 0.171. The van der Waals surface area contributed by atoms with E-state index >= 15 is 0 Å². The number of pyridine rings is 1. The molecule has 0 saturated carbocycles. The van der Waals surface area contributed by atoms with E-state index in [0.717, 1.165) is 50.7 Å². The number of aromatic nitrogens is 1. The highest BCUT2D eigenvalue weighted by atomic mass is 16.2. The molecule has 1 amide bonds. The van der Waals surface area contributed by atoms with Crippen LogP contribution in [0.15, 0.2) is 18.2 Å². The van der Waals surface area contributed by atoms with Crippen LogP contribution in [0.3, 0.4) is 0 Å². The first-order valence-electron chi connectivity index (χ1n) is 6.84. The summed E-state index contributed by atoms with van der Waals surface area (Å²) in [6.07, 6.45) is 0. The van der Waals surface area contributed by atoms with Crippen molar-refractivity contribution in [3.05, 3.63) is 29.6 Å². The third-order valence-corrected chi connectivity index (χ3v) is 3.83. The summed E-state index contributed by atoms with van der Waals surface area (Å²) < 4.78 is 0. The molecule has 3 aliphatic heterocycles. The van der Waals surface area contributed by atoms with E-state index < -0.39 is 0 Å². The zero-order valence-corrected chi connectivity index (χ0v) is 11.4. The Kier molecular flexibility index (Phi) is 3.48. The van der Waals surface area contributed by atoms with Gasteiger partial charge in [0.2, 0.25) is 5.91 Å². The summed E-state index contributed by atoms with van der Waals surface area (Å²) in [5.74, 6) is 0.247. The highest BCUT2D eigenvalue weighted by Gasteiger charge is 2.24. The molecule has 5 nitrogen and oxygen atoms in total. The third kappa shape index (κ3) is 2.93. The minimum absolute atomic E-state index is 0.247. The maximum absolute atomic E-state index is 12.1. The second kappa shape index (κ2) is 5.27. The van der Waals surface area contributed by atoms with Gasteiger partial charge in [-0.25, -0.2) is 0 Å². The quantitative estimate of drug-likeness (QED) is 0.667. The highest BCUT2D eigenvalue weighted by Crippen LogP contribution is 2.11. The van der Waals surface area contributed by atoms with Crippen molar-refractivity contribution in [3.63, 3.8) is 0 Å². The average Bonchev–Trinajstić information content (AvgIpc) is 2.37. The Morgan fingerprint density at radius 1 is 1.00 bits per heavy atom. The third-order valence-electron chi connectivity index (χ3n) is 3.83. The minimum atomic E-state index is 0.247. The lowest BCUT2D eigenvalue weighted by Gasteiger charge is -2.35. The summed E-state index contributed by atoms with van der Waals surface area (Å²) in [5, 5.41) is 0. The molecule has 4 rings (SSSR count). The number of piperazine rings is 1. The molecule has 1 atom stereocenters. The summed E-state index contributed by atoms with van der Waals surface area (Å²) >= 11 is 0. The average molecular weight is 260 g/mol. The van der Waals surface area contributed by atoms with Gasteiger partial charge in [-0.1, -0.05) is 6.07 Å². The van der Waals surface area contributed by atoms with Crippen LogP contribution in [0.1, 0.15) is 11.4 Å². The Balaban J connectivity index is 1.86. The van der Waals surface area contributed by atoms with Gasteiger partial charge in [0.15, 0.2) is 0 Å². The van der Waals surface area contributed by atoms with E-state index in [9.17, 15) is 4.79 Å². The summed E-state index contributed by atoms with van der Waals surface area (Å²) in [5.41, 5.74) is 2.17. The summed E-state index contributed by atoms with van der Waals surface area (Å²) in [7, 11) is 2.08. The second-order valence-electron chi connectivity index (χ2n) is 5.45. The fourth-order valence-corrected chi connectivity index (χ4v) is 2.71. The minimum Gasteiger partial charge on any atom is -0.339 e. The highest BCUT2D eigenvalue weighted by molar-refractivity contribution is 5.79. The predicted molar refractivity (Wildman–Crippen MR) is 72.4 cm³/mol. The molecule has 102 valence electrons. The Hall–Kier alpha value is -1.46.